The molecule has 0 bridgehead atoms. The van der Waals surface area contributed by atoms with Crippen molar-refractivity contribution in [1.82, 2.24) is 5.32 Å². The largest absolute Gasteiger partial charge is 0.326 e. The molecule has 0 saturated carbocycles. The first kappa shape index (κ1) is 19.6. The van der Waals surface area contributed by atoms with E-state index in [4.69, 9.17) is 11.6 Å². The molecule has 0 spiro atoms. The first-order chi connectivity index (χ1) is 12.9. The van der Waals surface area contributed by atoms with Gasteiger partial charge in [-0.2, -0.15) is 0 Å². The fourth-order valence-corrected chi connectivity index (χ4v) is 4.47. The van der Waals surface area contributed by atoms with Gasteiger partial charge < -0.3 is 5.32 Å². The summed E-state index contributed by atoms with van der Waals surface area (Å²) in [4.78, 5) is 37.1. The fourth-order valence-electron chi connectivity index (χ4n) is 3.39. The van der Waals surface area contributed by atoms with Gasteiger partial charge in [-0.25, -0.2) is 0 Å². The molecule has 1 aromatic carbocycles. The van der Waals surface area contributed by atoms with Crippen LogP contribution >= 0.6 is 22.9 Å². The molecular weight excluding hydrogens is 384 g/mol. The summed E-state index contributed by atoms with van der Waals surface area (Å²) in [5.41, 5.74) is 0.863. The number of rotatable bonds is 6. The molecule has 2 aromatic rings. The fraction of sp³-hybridized carbons (Fsp3) is 0.350. The van der Waals surface area contributed by atoms with Crippen LogP contribution in [0.1, 0.15) is 43.0 Å². The van der Waals surface area contributed by atoms with Crippen molar-refractivity contribution >= 4 is 46.3 Å². The molecule has 142 valence electrons. The topological polar surface area (TPSA) is 75.3 Å². The van der Waals surface area contributed by atoms with Gasteiger partial charge in [-0.05, 0) is 49.1 Å². The Labute approximate surface area is 167 Å². The molecule has 1 aliphatic heterocycles. The number of carbonyl (C=O) groups excluding carboxylic acids is 3. The summed E-state index contributed by atoms with van der Waals surface area (Å²) in [5.74, 6) is -0.536. The predicted molar refractivity (Wildman–Crippen MR) is 107 cm³/mol. The van der Waals surface area contributed by atoms with Crippen molar-refractivity contribution in [3.05, 3.63) is 51.2 Å². The number of hydrogen-bond donors (Lipinski definition) is 2. The number of nitrogens with one attached hydrogen (secondary N) is 2. The zero-order valence-corrected chi connectivity index (χ0v) is 16.6. The summed E-state index contributed by atoms with van der Waals surface area (Å²) in [6.45, 7) is 1.95. The molecule has 1 fully saturated rings. The number of carbonyl (C=O) groups is 3. The van der Waals surface area contributed by atoms with Crippen LogP contribution in [-0.2, 0) is 26.2 Å². The molecule has 27 heavy (non-hydrogen) atoms. The van der Waals surface area contributed by atoms with Gasteiger partial charge in [0.05, 0.1) is 9.75 Å². The maximum atomic E-state index is 12.4. The van der Waals surface area contributed by atoms with Gasteiger partial charge in [0, 0.05) is 23.4 Å². The van der Waals surface area contributed by atoms with Crippen molar-refractivity contribution in [2.45, 2.75) is 44.4 Å². The van der Waals surface area contributed by atoms with Crippen LogP contribution in [0.4, 0.5) is 5.69 Å². The average Bonchev–Trinajstić information content (AvgIpc) is 3.07. The van der Waals surface area contributed by atoms with E-state index < -0.39 is 5.41 Å². The summed E-state index contributed by atoms with van der Waals surface area (Å²) in [7, 11) is 0. The number of amides is 3. The summed E-state index contributed by atoms with van der Waals surface area (Å²) in [6.07, 6.45) is 2.48. The van der Waals surface area contributed by atoms with Crippen LogP contribution in [0.25, 0.3) is 0 Å². The van der Waals surface area contributed by atoms with Crippen LogP contribution < -0.4 is 10.6 Å². The molecule has 5 nitrogen and oxygen atoms in total. The van der Waals surface area contributed by atoms with Crippen molar-refractivity contribution in [2.24, 2.45) is 0 Å². The Kier molecular flexibility index (Phi) is 5.97. The van der Waals surface area contributed by atoms with Gasteiger partial charge in [-0.1, -0.05) is 30.7 Å². The molecule has 1 aromatic heterocycles. The maximum Gasteiger partial charge on any atom is 0.237 e. The zero-order valence-electron chi connectivity index (χ0n) is 15.0. The second-order valence-electron chi connectivity index (χ2n) is 6.64. The summed E-state index contributed by atoms with van der Waals surface area (Å²) in [6, 6.07) is 11.1. The number of hydrogen-bond acceptors (Lipinski definition) is 4. The molecule has 1 atom stereocenters. The van der Waals surface area contributed by atoms with E-state index in [1.165, 1.54) is 11.3 Å². The van der Waals surface area contributed by atoms with Gasteiger partial charge in [-0.15, -0.1) is 11.3 Å². The second kappa shape index (κ2) is 8.23. The number of imide groups is 1. The quantitative estimate of drug-likeness (QED) is 0.713. The number of halogens is 1. The Morgan fingerprint density at radius 1 is 1.22 bits per heavy atom. The summed E-state index contributed by atoms with van der Waals surface area (Å²) in [5, 5.41) is 5.32. The predicted octanol–water partition coefficient (Wildman–Crippen LogP) is 4.06. The lowest BCUT2D eigenvalue weighted by Crippen LogP contribution is -2.51. The highest BCUT2D eigenvalue weighted by atomic mass is 35.5. The molecule has 3 amide bonds. The number of aryl methyl sites for hydroxylation is 1. The normalized spacial score (nSPS) is 19.6. The van der Waals surface area contributed by atoms with Crippen LogP contribution in [0.15, 0.2) is 36.4 Å². The minimum absolute atomic E-state index is 0.0708. The van der Waals surface area contributed by atoms with E-state index in [0.29, 0.717) is 37.8 Å². The van der Waals surface area contributed by atoms with Crippen LogP contribution in [0.3, 0.4) is 0 Å². The van der Waals surface area contributed by atoms with Gasteiger partial charge in [0.2, 0.25) is 17.7 Å². The van der Waals surface area contributed by atoms with Gasteiger partial charge in [0.15, 0.2) is 0 Å². The van der Waals surface area contributed by atoms with Gasteiger partial charge >= 0.3 is 0 Å². The van der Waals surface area contributed by atoms with Crippen LogP contribution in [0, 0.1) is 0 Å². The molecule has 7 heteroatoms. The van der Waals surface area contributed by atoms with E-state index in [1.807, 2.05) is 31.2 Å². The molecule has 2 N–H and O–H groups in total. The molecule has 2 heterocycles. The summed E-state index contributed by atoms with van der Waals surface area (Å²) >= 11 is 7.38. The van der Waals surface area contributed by atoms with E-state index in [-0.39, 0.29) is 17.7 Å². The number of anilines is 1. The Morgan fingerprint density at radius 3 is 2.56 bits per heavy atom. The number of benzene rings is 1. The molecule has 0 radical (unpaired) electrons. The highest BCUT2D eigenvalue weighted by Crippen LogP contribution is 2.36. The van der Waals surface area contributed by atoms with Crippen LogP contribution in [0.2, 0.25) is 4.34 Å². The lowest BCUT2D eigenvalue weighted by Gasteiger charge is -2.35. The van der Waals surface area contributed by atoms with Crippen molar-refractivity contribution in [3.8, 4) is 0 Å². The van der Waals surface area contributed by atoms with Crippen LogP contribution in [0.5, 0.6) is 0 Å². The standard InChI is InChI=1S/C20H21ClN2O3S/c1-2-20(12-11-18(25)23-19(20)26)13-3-5-14(6-4-13)22-17(24)10-8-15-7-9-16(21)27-15/h3-7,9H,2,8,10-12H2,1H3,(H,22,24)(H,23,25,26). The average molecular weight is 405 g/mol. The molecule has 1 unspecified atom stereocenters. The maximum absolute atomic E-state index is 12.4. The van der Waals surface area contributed by atoms with Crippen LogP contribution in [-0.4, -0.2) is 17.7 Å². The van der Waals surface area contributed by atoms with Crippen molar-refractivity contribution in [1.29, 1.82) is 0 Å². The third kappa shape index (κ3) is 4.39. The summed E-state index contributed by atoms with van der Waals surface area (Å²) < 4.78 is 0.722. The highest BCUT2D eigenvalue weighted by Gasteiger charge is 2.42. The molecular formula is C20H21ClN2O3S. The Bertz CT molecular complexity index is 862. The van der Waals surface area contributed by atoms with Crippen molar-refractivity contribution in [3.63, 3.8) is 0 Å². The number of piperidine rings is 1. The molecule has 3 rings (SSSR count). The first-order valence-electron chi connectivity index (χ1n) is 8.92. The Hall–Kier alpha value is -2.18. The highest BCUT2D eigenvalue weighted by molar-refractivity contribution is 7.16. The molecule has 1 saturated heterocycles. The lowest BCUT2D eigenvalue weighted by atomic mass is 9.72. The smallest absolute Gasteiger partial charge is 0.237 e. The van der Waals surface area contributed by atoms with E-state index in [2.05, 4.69) is 10.6 Å². The van der Waals surface area contributed by atoms with E-state index >= 15 is 0 Å². The number of thiophene rings is 1. The van der Waals surface area contributed by atoms with Gasteiger partial charge in [0.25, 0.3) is 0 Å². The minimum Gasteiger partial charge on any atom is -0.326 e. The zero-order chi connectivity index (χ0) is 19.4. The van der Waals surface area contributed by atoms with E-state index in [0.717, 1.165) is 14.8 Å². The SMILES string of the molecule is CCC1(c2ccc(NC(=O)CCc3ccc(Cl)s3)cc2)CCC(=O)NC1=O. The van der Waals surface area contributed by atoms with Gasteiger partial charge in [-0.3, -0.25) is 19.7 Å². The Morgan fingerprint density at radius 2 is 1.96 bits per heavy atom. The molecule has 0 aliphatic carbocycles. The lowest BCUT2D eigenvalue weighted by molar-refractivity contribution is -0.138. The van der Waals surface area contributed by atoms with E-state index in [9.17, 15) is 14.4 Å². The van der Waals surface area contributed by atoms with Crippen molar-refractivity contribution in [2.75, 3.05) is 5.32 Å². The third-order valence-electron chi connectivity index (χ3n) is 5.02. The Balaban J connectivity index is 1.63. The first-order valence-corrected chi connectivity index (χ1v) is 10.1. The minimum atomic E-state index is -0.686. The molecule has 1 aliphatic rings. The third-order valence-corrected chi connectivity index (χ3v) is 6.31. The van der Waals surface area contributed by atoms with E-state index in [1.54, 1.807) is 12.1 Å². The second-order valence-corrected chi connectivity index (χ2v) is 8.44. The monoisotopic (exact) mass is 404 g/mol. The van der Waals surface area contributed by atoms with Crippen molar-refractivity contribution < 1.29 is 14.4 Å². The van der Waals surface area contributed by atoms with Gasteiger partial charge in [0.1, 0.15) is 0 Å².